The molecule has 1 N–H and O–H groups in total. The Balaban J connectivity index is 0.000000807. The van der Waals surface area contributed by atoms with Gasteiger partial charge in [0.2, 0.25) is 0 Å². The zero-order valence-electron chi connectivity index (χ0n) is 11.7. The first-order valence-corrected chi connectivity index (χ1v) is 8.92. The highest BCUT2D eigenvalue weighted by Gasteiger charge is 2.41. The molecule has 3 aliphatic heterocycles. The highest BCUT2D eigenvalue weighted by molar-refractivity contribution is 8.17. The minimum Gasteiger partial charge on any atom is -0.363 e. The molecule has 0 aromatic rings. The molecule has 8 heteroatoms. The van der Waals surface area contributed by atoms with Crippen LogP contribution in [-0.4, -0.2) is 46.2 Å². The van der Waals surface area contributed by atoms with Crippen molar-refractivity contribution < 1.29 is 0 Å². The Morgan fingerprint density at radius 1 is 1.33 bits per heavy atom. The van der Waals surface area contributed by atoms with Crippen molar-refractivity contribution in [1.29, 1.82) is 0 Å². The summed E-state index contributed by atoms with van der Waals surface area (Å²) in [6.45, 7) is 1.93. The molecule has 0 amide bonds. The van der Waals surface area contributed by atoms with E-state index in [1.54, 1.807) is 0 Å². The Hall–Kier alpha value is -0.0400. The number of hydrogen-bond donors (Lipinski definition) is 1. The van der Waals surface area contributed by atoms with E-state index in [1.807, 2.05) is 23.5 Å². The molecule has 4 rings (SSSR count). The first kappa shape index (κ1) is 17.3. The Morgan fingerprint density at radius 2 is 2.19 bits per heavy atom. The number of halogens is 2. The molecule has 0 aromatic heterocycles. The monoisotopic (exact) mass is 366 g/mol. The SMILES string of the molecule is C1=C(CSC2=NCCN2)N2C(=N[C@@H]3CCCC[C@H]32)S1.Cl.Cl. The number of aliphatic imine (C=N–C) groups is 2. The molecule has 1 saturated carbocycles. The van der Waals surface area contributed by atoms with Crippen molar-refractivity contribution in [3.8, 4) is 0 Å². The van der Waals surface area contributed by atoms with Crippen LogP contribution in [0.3, 0.4) is 0 Å². The van der Waals surface area contributed by atoms with Crippen LogP contribution in [0.1, 0.15) is 25.7 Å². The lowest BCUT2D eigenvalue weighted by molar-refractivity contribution is 0.285. The minimum absolute atomic E-state index is 0. The molecule has 0 aromatic carbocycles. The molecule has 0 radical (unpaired) electrons. The fourth-order valence-corrected chi connectivity index (χ4v) is 5.21. The topological polar surface area (TPSA) is 40.0 Å². The van der Waals surface area contributed by atoms with Crippen LogP contribution in [0, 0.1) is 0 Å². The van der Waals surface area contributed by atoms with Gasteiger partial charge in [0.1, 0.15) is 0 Å². The third-order valence-electron chi connectivity index (χ3n) is 4.12. The molecule has 118 valence electrons. The number of nitrogens with one attached hydrogen (secondary N) is 1. The molecule has 0 spiro atoms. The molecule has 21 heavy (non-hydrogen) atoms. The van der Waals surface area contributed by atoms with Crippen LogP contribution in [0.2, 0.25) is 0 Å². The van der Waals surface area contributed by atoms with Crippen molar-refractivity contribution in [2.75, 3.05) is 18.8 Å². The van der Waals surface area contributed by atoms with Gasteiger partial charge in [-0.25, -0.2) is 0 Å². The molecule has 3 heterocycles. The van der Waals surface area contributed by atoms with Crippen LogP contribution < -0.4 is 5.32 Å². The average Bonchev–Trinajstić information content (AvgIpc) is 3.13. The molecule has 0 unspecified atom stereocenters. The van der Waals surface area contributed by atoms with Crippen LogP contribution in [0.25, 0.3) is 0 Å². The third-order valence-corrected chi connectivity index (χ3v) is 6.01. The quantitative estimate of drug-likeness (QED) is 0.814. The molecular formula is C13H20Cl2N4S2. The van der Waals surface area contributed by atoms with E-state index in [0.717, 1.165) is 24.0 Å². The van der Waals surface area contributed by atoms with Crippen molar-refractivity contribution in [3.63, 3.8) is 0 Å². The molecule has 0 bridgehead atoms. The minimum atomic E-state index is 0. The highest BCUT2D eigenvalue weighted by Crippen LogP contribution is 2.41. The maximum atomic E-state index is 4.90. The largest absolute Gasteiger partial charge is 0.363 e. The van der Waals surface area contributed by atoms with E-state index in [1.165, 1.54) is 36.5 Å². The van der Waals surface area contributed by atoms with Gasteiger partial charge in [0.05, 0.1) is 18.6 Å². The molecule has 4 aliphatic rings. The number of fused-ring (bicyclic) bond motifs is 3. The van der Waals surface area contributed by atoms with Crippen LogP contribution in [0.15, 0.2) is 21.1 Å². The predicted molar refractivity (Wildman–Crippen MR) is 98.3 cm³/mol. The second kappa shape index (κ2) is 7.49. The fraction of sp³-hybridized carbons (Fsp3) is 0.692. The van der Waals surface area contributed by atoms with Gasteiger partial charge in [0, 0.05) is 18.0 Å². The second-order valence-electron chi connectivity index (χ2n) is 5.33. The summed E-state index contributed by atoms with van der Waals surface area (Å²) in [7, 11) is 0. The van der Waals surface area contributed by atoms with E-state index in [-0.39, 0.29) is 24.8 Å². The Bertz CT molecular complexity index is 481. The average molecular weight is 367 g/mol. The highest BCUT2D eigenvalue weighted by atomic mass is 35.5. The Kier molecular flexibility index (Phi) is 6.17. The van der Waals surface area contributed by atoms with Gasteiger partial charge in [0.15, 0.2) is 10.3 Å². The summed E-state index contributed by atoms with van der Waals surface area (Å²) in [6, 6.07) is 1.20. The van der Waals surface area contributed by atoms with Gasteiger partial charge < -0.3 is 10.2 Å². The van der Waals surface area contributed by atoms with E-state index in [4.69, 9.17) is 4.99 Å². The van der Waals surface area contributed by atoms with Crippen molar-refractivity contribution in [1.82, 2.24) is 10.2 Å². The standard InChI is InChI=1S/C13H18N4S2.2ClH/c1-2-4-11-10(3-1)16-13-17(11)9(8-19-13)7-18-12-14-5-6-15-12;;/h8,10-11H,1-7H2,(H,14,15);2*1H/t10-,11-;;/m1../s1. The van der Waals surface area contributed by atoms with Crippen molar-refractivity contribution in [2.24, 2.45) is 9.98 Å². The van der Waals surface area contributed by atoms with Crippen LogP contribution >= 0.6 is 48.3 Å². The Labute approximate surface area is 146 Å². The molecular weight excluding hydrogens is 347 g/mol. The molecule has 2 atom stereocenters. The zero-order valence-corrected chi connectivity index (χ0v) is 14.9. The van der Waals surface area contributed by atoms with E-state index >= 15 is 0 Å². The van der Waals surface area contributed by atoms with Gasteiger partial charge in [-0.05, 0) is 18.2 Å². The number of rotatable bonds is 2. The summed E-state index contributed by atoms with van der Waals surface area (Å²) in [6.07, 6.45) is 5.30. The Morgan fingerprint density at radius 3 is 3.00 bits per heavy atom. The summed E-state index contributed by atoms with van der Waals surface area (Å²) < 4.78 is 0. The van der Waals surface area contributed by atoms with Gasteiger partial charge >= 0.3 is 0 Å². The van der Waals surface area contributed by atoms with E-state index in [2.05, 4.69) is 20.6 Å². The normalized spacial score (nSPS) is 29.3. The van der Waals surface area contributed by atoms with Crippen LogP contribution in [-0.2, 0) is 0 Å². The summed E-state index contributed by atoms with van der Waals surface area (Å²) in [4.78, 5) is 11.9. The number of thioether (sulfide) groups is 2. The fourth-order valence-electron chi connectivity index (χ4n) is 3.21. The van der Waals surface area contributed by atoms with E-state index < -0.39 is 0 Å². The van der Waals surface area contributed by atoms with Gasteiger partial charge in [0.25, 0.3) is 0 Å². The molecule has 4 nitrogen and oxygen atoms in total. The van der Waals surface area contributed by atoms with Gasteiger partial charge in [-0.3, -0.25) is 9.98 Å². The van der Waals surface area contributed by atoms with Gasteiger partial charge in [-0.2, -0.15) is 0 Å². The van der Waals surface area contributed by atoms with Crippen LogP contribution in [0.5, 0.6) is 0 Å². The zero-order chi connectivity index (χ0) is 12.7. The predicted octanol–water partition coefficient (Wildman–Crippen LogP) is 3.09. The maximum Gasteiger partial charge on any atom is 0.168 e. The maximum absolute atomic E-state index is 4.90. The summed E-state index contributed by atoms with van der Waals surface area (Å²) in [5.74, 6) is 1.01. The second-order valence-corrected chi connectivity index (χ2v) is 7.13. The van der Waals surface area contributed by atoms with Gasteiger partial charge in [-0.15, -0.1) is 24.8 Å². The molecule has 1 aliphatic carbocycles. The molecule has 1 fully saturated rings. The lowest BCUT2D eigenvalue weighted by Crippen LogP contribution is -2.39. The lowest BCUT2D eigenvalue weighted by Gasteiger charge is -2.31. The smallest absolute Gasteiger partial charge is 0.168 e. The lowest BCUT2D eigenvalue weighted by atomic mass is 9.91. The van der Waals surface area contributed by atoms with Crippen molar-refractivity contribution in [2.45, 2.75) is 37.8 Å². The van der Waals surface area contributed by atoms with Crippen molar-refractivity contribution in [3.05, 3.63) is 11.1 Å². The summed E-state index contributed by atoms with van der Waals surface area (Å²) in [5, 5.41) is 7.96. The number of amidine groups is 2. The van der Waals surface area contributed by atoms with E-state index in [9.17, 15) is 0 Å². The number of nitrogens with zero attached hydrogens (tertiary/aromatic N) is 3. The van der Waals surface area contributed by atoms with Crippen molar-refractivity contribution >= 4 is 58.7 Å². The summed E-state index contributed by atoms with van der Waals surface area (Å²) >= 11 is 3.64. The van der Waals surface area contributed by atoms with E-state index in [0.29, 0.717) is 12.1 Å². The summed E-state index contributed by atoms with van der Waals surface area (Å²) in [5.41, 5.74) is 1.43. The number of hydrogen-bond acceptors (Lipinski definition) is 6. The first-order chi connectivity index (χ1) is 9.42. The molecule has 0 saturated heterocycles. The third kappa shape index (κ3) is 3.33. The van der Waals surface area contributed by atoms with Crippen LogP contribution in [0.4, 0.5) is 0 Å². The van der Waals surface area contributed by atoms with Gasteiger partial charge in [-0.1, -0.05) is 36.4 Å². The first-order valence-electron chi connectivity index (χ1n) is 7.06.